The van der Waals surface area contributed by atoms with E-state index in [1.54, 1.807) is 24.3 Å². The highest BCUT2D eigenvalue weighted by molar-refractivity contribution is 7.91. The van der Waals surface area contributed by atoms with E-state index in [2.05, 4.69) is 5.32 Å². The lowest BCUT2D eigenvalue weighted by atomic mass is 10.3. The van der Waals surface area contributed by atoms with Crippen molar-refractivity contribution in [3.05, 3.63) is 41.3 Å². The van der Waals surface area contributed by atoms with Gasteiger partial charge >= 0.3 is 0 Å². The van der Waals surface area contributed by atoms with Gasteiger partial charge in [-0.15, -0.1) is 11.3 Å². The van der Waals surface area contributed by atoms with Crippen molar-refractivity contribution in [1.29, 1.82) is 0 Å². The molecule has 0 spiro atoms. The molecule has 1 aromatic carbocycles. The van der Waals surface area contributed by atoms with Crippen molar-refractivity contribution in [2.75, 3.05) is 44.7 Å². The molecule has 32 heavy (non-hydrogen) atoms. The minimum Gasteiger partial charge on any atom is -0.379 e. The number of hydrogen-bond donors (Lipinski definition) is 1. The Bertz CT molecular complexity index is 1160. The number of sulfonamides is 2. The van der Waals surface area contributed by atoms with Crippen molar-refractivity contribution >= 4 is 43.0 Å². The molecule has 2 fully saturated rings. The molecule has 9 nitrogen and oxygen atoms in total. The van der Waals surface area contributed by atoms with Crippen LogP contribution in [-0.4, -0.2) is 70.7 Å². The van der Waals surface area contributed by atoms with Crippen molar-refractivity contribution in [2.24, 2.45) is 0 Å². The van der Waals surface area contributed by atoms with E-state index in [-0.39, 0.29) is 21.4 Å². The Morgan fingerprint density at radius 1 is 0.875 bits per heavy atom. The van der Waals surface area contributed by atoms with E-state index >= 15 is 0 Å². The normalized spacial score (nSPS) is 18.6. The fraction of sp³-hybridized carbons (Fsp3) is 0.450. The number of nitrogens with zero attached hydrogens (tertiary/aromatic N) is 2. The van der Waals surface area contributed by atoms with Crippen molar-refractivity contribution in [2.45, 2.75) is 28.4 Å². The maximum absolute atomic E-state index is 12.7. The van der Waals surface area contributed by atoms with Gasteiger partial charge < -0.3 is 10.1 Å². The molecule has 0 aliphatic carbocycles. The van der Waals surface area contributed by atoms with Gasteiger partial charge in [0.15, 0.2) is 0 Å². The molecular weight excluding hydrogens is 474 g/mol. The average molecular weight is 500 g/mol. The van der Waals surface area contributed by atoms with Crippen LogP contribution in [0.25, 0.3) is 0 Å². The maximum Gasteiger partial charge on any atom is 0.252 e. The third kappa shape index (κ3) is 5.05. The van der Waals surface area contributed by atoms with Gasteiger partial charge in [-0.2, -0.15) is 8.61 Å². The smallest absolute Gasteiger partial charge is 0.252 e. The number of amides is 1. The molecule has 0 radical (unpaired) electrons. The number of ether oxygens (including phenoxy) is 1. The first-order valence-corrected chi connectivity index (χ1v) is 14.0. The van der Waals surface area contributed by atoms with Gasteiger partial charge in [0.1, 0.15) is 4.21 Å². The van der Waals surface area contributed by atoms with Crippen molar-refractivity contribution in [1.82, 2.24) is 8.61 Å². The first-order valence-electron chi connectivity index (χ1n) is 10.3. The molecule has 1 aromatic heterocycles. The lowest BCUT2D eigenvalue weighted by molar-refractivity contribution is -0.115. The van der Waals surface area contributed by atoms with E-state index in [0.717, 1.165) is 24.2 Å². The van der Waals surface area contributed by atoms with Crippen LogP contribution in [-0.2, 0) is 36.0 Å². The van der Waals surface area contributed by atoms with Gasteiger partial charge in [0, 0.05) is 36.7 Å². The van der Waals surface area contributed by atoms with Gasteiger partial charge in [0.25, 0.3) is 10.0 Å². The number of rotatable bonds is 7. The van der Waals surface area contributed by atoms with Gasteiger partial charge in [0.2, 0.25) is 15.9 Å². The first kappa shape index (κ1) is 23.3. The second-order valence-corrected chi connectivity index (χ2v) is 12.9. The molecule has 2 saturated heterocycles. The Hall–Kier alpha value is -1.83. The second-order valence-electron chi connectivity index (χ2n) is 7.60. The van der Waals surface area contributed by atoms with Crippen LogP contribution in [0.5, 0.6) is 0 Å². The topological polar surface area (TPSA) is 113 Å². The minimum atomic E-state index is -3.59. The largest absolute Gasteiger partial charge is 0.379 e. The fourth-order valence-electron chi connectivity index (χ4n) is 3.66. The standard InChI is InChI=1S/C20H25N3O6S3/c24-19(15-17-5-8-20(30-17)32(27,28)22-9-1-2-10-22)21-16-3-6-18(7-4-16)31(25,26)23-11-13-29-14-12-23/h3-8H,1-2,9-15H2,(H,21,24). The van der Waals surface area contributed by atoms with Crippen LogP contribution in [0.1, 0.15) is 17.7 Å². The zero-order chi connectivity index (χ0) is 22.8. The van der Waals surface area contributed by atoms with Crippen molar-refractivity contribution in [3.63, 3.8) is 0 Å². The third-order valence-corrected chi connectivity index (χ3v) is 10.7. The minimum absolute atomic E-state index is 0.0357. The number of thiophene rings is 1. The molecule has 0 atom stereocenters. The number of morpholine rings is 1. The third-order valence-electron chi connectivity index (χ3n) is 5.38. The van der Waals surface area contributed by atoms with E-state index in [1.165, 1.54) is 20.7 Å². The monoisotopic (exact) mass is 499 g/mol. The highest BCUT2D eigenvalue weighted by Crippen LogP contribution is 2.28. The van der Waals surface area contributed by atoms with E-state index in [9.17, 15) is 21.6 Å². The lowest BCUT2D eigenvalue weighted by Gasteiger charge is -2.26. The van der Waals surface area contributed by atoms with Crippen molar-refractivity contribution in [3.8, 4) is 0 Å². The highest BCUT2D eigenvalue weighted by Gasteiger charge is 2.29. The number of benzene rings is 1. The summed E-state index contributed by atoms with van der Waals surface area (Å²) in [6, 6.07) is 9.22. The molecule has 1 N–H and O–H groups in total. The van der Waals surface area contributed by atoms with E-state index in [1.807, 2.05) is 0 Å². The Balaban J connectivity index is 1.37. The van der Waals surface area contributed by atoms with Crippen LogP contribution >= 0.6 is 11.3 Å². The molecule has 0 bridgehead atoms. The summed E-state index contributed by atoms with van der Waals surface area (Å²) in [5, 5.41) is 2.73. The van der Waals surface area contributed by atoms with Crippen LogP contribution < -0.4 is 5.32 Å². The predicted molar refractivity (Wildman–Crippen MR) is 121 cm³/mol. The van der Waals surface area contributed by atoms with Gasteiger partial charge in [-0.25, -0.2) is 16.8 Å². The summed E-state index contributed by atoms with van der Waals surface area (Å²) in [5.74, 6) is -0.305. The summed E-state index contributed by atoms with van der Waals surface area (Å²) in [4.78, 5) is 13.2. The van der Waals surface area contributed by atoms with Crippen LogP contribution in [0, 0.1) is 0 Å². The number of hydrogen-bond acceptors (Lipinski definition) is 7. The Morgan fingerprint density at radius 2 is 1.50 bits per heavy atom. The summed E-state index contributed by atoms with van der Waals surface area (Å²) in [5.41, 5.74) is 0.470. The summed E-state index contributed by atoms with van der Waals surface area (Å²) in [7, 11) is -7.08. The predicted octanol–water partition coefficient (Wildman–Crippen LogP) is 1.73. The second kappa shape index (κ2) is 9.57. The van der Waals surface area contributed by atoms with E-state index in [4.69, 9.17) is 4.74 Å². The molecule has 3 heterocycles. The fourth-order valence-corrected chi connectivity index (χ4v) is 8.09. The summed E-state index contributed by atoms with van der Waals surface area (Å²) < 4.78 is 58.9. The summed E-state index contributed by atoms with van der Waals surface area (Å²) in [6.07, 6.45) is 1.77. The molecule has 0 saturated carbocycles. The van der Waals surface area contributed by atoms with Gasteiger partial charge in [-0.3, -0.25) is 4.79 Å². The molecule has 2 aliphatic heterocycles. The lowest BCUT2D eigenvalue weighted by Crippen LogP contribution is -2.40. The zero-order valence-electron chi connectivity index (χ0n) is 17.4. The number of carbonyl (C=O) groups is 1. The molecule has 1 amide bonds. The van der Waals surface area contributed by atoms with Crippen molar-refractivity contribution < 1.29 is 26.4 Å². The average Bonchev–Trinajstić information content (AvgIpc) is 3.48. The van der Waals surface area contributed by atoms with Crippen LogP contribution in [0.15, 0.2) is 45.5 Å². The maximum atomic E-state index is 12.7. The SMILES string of the molecule is O=C(Cc1ccc(S(=O)(=O)N2CCCC2)s1)Nc1ccc(S(=O)(=O)N2CCOCC2)cc1. The summed E-state index contributed by atoms with van der Waals surface area (Å²) in [6.45, 7) is 2.45. The van der Waals surface area contributed by atoms with Gasteiger partial charge in [0.05, 0.1) is 24.5 Å². The molecule has 0 unspecified atom stereocenters. The first-order chi connectivity index (χ1) is 15.3. The molecule has 4 rings (SSSR count). The Morgan fingerprint density at radius 3 is 2.16 bits per heavy atom. The molecule has 174 valence electrons. The van der Waals surface area contributed by atoms with Crippen LogP contribution in [0.4, 0.5) is 5.69 Å². The number of anilines is 1. The van der Waals surface area contributed by atoms with Gasteiger partial charge in [-0.05, 0) is 49.2 Å². The highest BCUT2D eigenvalue weighted by atomic mass is 32.2. The number of nitrogens with one attached hydrogen (secondary N) is 1. The van der Waals surface area contributed by atoms with Crippen LogP contribution in [0.3, 0.4) is 0 Å². The van der Waals surface area contributed by atoms with E-state index < -0.39 is 20.0 Å². The van der Waals surface area contributed by atoms with E-state index in [0.29, 0.717) is 50.0 Å². The quantitative estimate of drug-likeness (QED) is 0.621. The molecular formula is C20H25N3O6S3. The van der Waals surface area contributed by atoms with Crippen LogP contribution in [0.2, 0.25) is 0 Å². The number of carbonyl (C=O) groups excluding carboxylic acids is 1. The zero-order valence-corrected chi connectivity index (χ0v) is 19.8. The Labute approximate surface area is 192 Å². The summed E-state index contributed by atoms with van der Waals surface area (Å²) >= 11 is 1.10. The molecule has 2 aromatic rings. The molecule has 12 heteroatoms. The molecule has 2 aliphatic rings. The Kier molecular flexibility index (Phi) is 6.98. The van der Waals surface area contributed by atoms with Gasteiger partial charge in [-0.1, -0.05) is 0 Å².